The molecule has 1 aromatic heterocycles. The summed E-state index contributed by atoms with van der Waals surface area (Å²) in [6, 6.07) is 11.7. The summed E-state index contributed by atoms with van der Waals surface area (Å²) in [6.07, 6.45) is 0.846. The van der Waals surface area contributed by atoms with E-state index in [-0.39, 0.29) is 11.5 Å². The van der Waals surface area contributed by atoms with Gasteiger partial charge >= 0.3 is 5.97 Å². The number of carbonyl (C=O) groups excluding carboxylic acids is 1. The molecule has 0 unspecified atom stereocenters. The summed E-state index contributed by atoms with van der Waals surface area (Å²) >= 11 is 0. The minimum Gasteiger partial charge on any atom is -0.494 e. The van der Waals surface area contributed by atoms with Gasteiger partial charge in [0.05, 0.1) is 41.3 Å². The van der Waals surface area contributed by atoms with Crippen LogP contribution in [-0.2, 0) is 32.6 Å². The number of ether oxygens (including phenoxy) is 3. The molecule has 0 N–H and O–H groups in total. The number of carbonyl (C=O) groups is 1. The van der Waals surface area contributed by atoms with Crippen molar-refractivity contribution in [1.29, 1.82) is 0 Å². The number of esters is 1. The van der Waals surface area contributed by atoms with Gasteiger partial charge in [-0.25, -0.2) is 18.2 Å². The van der Waals surface area contributed by atoms with E-state index in [0.29, 0.717) is 62.1 Å². The van der Waals surface area contributed by atoms with Gasteiger partial charge in [-0.3, -0.25) is 0 Å². The van der Waals surface area contributed by atoms with E-state index in [0.717, 1.165) is 11.9 Å². The van der Waals surface area contributed by atoms with Crippen molar-refractivity contribution in [3.63, 3.8) is 0 Å². The highest BCUT2D eigenvalue weighted by molar-refractivity contribution is 7.89. The SMILES string of the molecule is CCCn1c(COC(=O)c2ccc(OCC)cc2)nc2cc(S(=O)(=O)N3CCOCC3)ccc21. The summed E-state index contributed by atoms with van der Waals surface area (Å²) in [5, 5.41) is 0. The summed E-state index contributed by atoms with van der Waals surface area (Å²) in [5.74, 6) is 0.789. The van der Waals surface area contributed by atoms with E-state index in [2.05, 4.69) is 4.98 Å². The molecule has 3 aromatic rings. The van der Waals surface area contributed by atoms with E-state index >= 15 is 0 Å². The van der Waals surface area contributed by atoms with E-state index in [1.807, 2.05) is 18.4 Å². The van der Waals surface area contributed by atoms with Gasteiger partial charge in [-0.05, 0) is 55.8 Å². The first-order chi connectivity index (χ1) is 16.4. The summed E-state index contributed by atoms with van der Waals surface area (Å²) in [6.45, 7) is 6.56. The molecule has 1 aliphatic heterocycles. The van der Waals surface area contributed by atoms with Crippen LogP contribution in [0.5, 0.6) is 5.75 Å². The Kier molecular flexibility index (Phi) is 7.50. The molecule has 2 aromatic carbocycles. The Morgan fingerprint density at radius 3 is 2.50 bits per heavy atom. The number of fused-ring (bicyclic) bond motifs is 1. The van der Waals surface area contributed by atoms with Gasteiger partial charge in [-0.1, -0.05) is 6.92 Å². The largest absolute Gasteiger partial charge is 0.494 e. The predicted octanol–water partition coefficient (Wildman–Crippen LogP) is 3.22. The van der Waals surface area contributed by atoms with Crippen molar-refractivity contribution in [1.82, 2.24) is 13.9 Å². The Morgan fingerprint density at radius 1 is 1.09 bits per heavy atom. The minimum atomic E-state index is -3.63. The van der Waals surface area contributed by atoms with Crippen LogP contribution in [0, 0.1) is 0 Å². The van der Waals surface area contributed by atoms with Gasteiger partial charge in [0.2, 0.25) is 10.0 Å². The molecule has 34 heavy (non-hydrogen) atoms. The van der Waals surface area contributed by atoms with Crippen LogP contribution in [0.4, 0.5) is 0 Å². The van der Waals surface area contributed by atoms with Crippen molar-refractivity contribution < 1.29 is 27.4 Å². The second kappa shape index (κ2) is 10.5. The maximum absolute atomic E-state index is 13.0. The van der Waals surface area contributed by atoms with Crippen LogP contribution in [-0.4, -0.2) is 61.2 Å². The molecule has 0 spiro atoms. The van der Waals surface area contributed by atoms with Crippen molar-refractivity contribution in [2.24, 2.45) is 0 Å². The zero-order valence-corrected chi connectivity index (χ0v) is 20.2. The van der Waals surface area contributed by atoms with Crippen molar-refractivity contribution in [3.8, 4) is 5.75 Å². The van der Waals surface area contributed by atoms with Gasteiger partial charge < -0.3 is 18.8 Å². The van der Waals surface area contributed by atoms with Gasteiger partial charge in [-0.2, -0.15) is 4.31 Å². The molecule has 1 fully saturated rings. The summed E-state index contributed by atoms with van der Waals surface area (Å²) < 4.78 is 45.7. The van der Waals surface area contributed by atoms with Gasteiger partial charge in [0, 0.05) is 19.6 Å². The van der Waals surface area contributed by atoms with Crippen molar-refractivity contribution >= 4 is 27.0 Å². The number of imidazole rings is 1. The number of hydrogen-bond donors (Lipinski definition) is 0. The highest BCUT2D eigenvalue weighted by atomic mass is 32.2. The standard InChI is InChI=1S/C24H29N3O6S/c1-3-11-27-22-10-9-20(34(29,30)26-12-14-31-15-13-26)16-21(22)25-23(27)17-33-24(28)18-5-7-19(8-6-18)32-4-2/h5-10,16H,3-4,11-15,17H2,1-2H3. The lowest BCUT2D eigenvalue weighted by Gasteiger charge is -2.26. The zero-order valence-electron chi connectivity index (χ0n) is 19.4. The molecular weight excluding hydrogens is 458 g/mol. The molecule has 0 saturated carbocycles. The molecule has 10 heteroatoms. The molecule has 2 heterocycles. The second-order valence-electron chi connectivity index (χ2n) is 7.88. The van der Waals surface area contributed by atoms with Crippen LogP contribution in [0.1, 0.15) is 36.5 Å². The molecule has 0 aliphatic carbocycles. The molecule has 1 aliphatic rings. The molecule has 0 atom stereocenters. The van der Waals surface area contributed by atoms with Gasteiger partial charge in [0.1, 0.15) is 18.2 Å². The van der Waals surface area contributed by atoms with E-state index in [4.69, 9.17) is 14.2 Å². The van der Waals surface area contributed by atoms with Gasteiger partial charge in [0.15, 0.2) is 0 Å². The van der Waals surface area contributed by atoms with Crippen LogP contribution in [0.25, 0.3) is 11.0 Å². The summed E-state index contributed by atoms with van der Waals surface area (Å²) in [4.78, 5) is 17.3. The van der Waals surface area contributed by atoms with Crippen LogP contribution in [0.2, 0.25) is 0 Å². The van der Waals surface area contributed by atoms with Crippen molar-refractivity contribution in [2.75, 3.05) is 32.9 Å². The fourth-order valence-corrected chi connectivity index (χ4v) is 5.34. The van der Waals surface area contributed by atoms with E-state index in [1.54, 1.807) is 42.5 Å². The Labute approximate surface area is 199 Å². The van der Waals surface area contributed by atoms with E-state index in [1.165, 1.54) is 4.31 Å². The fourth-order valence-electron chi connectivity index (χ4n) is 3.91. The lowest BCUT2D eigenvalue weighted by atomic mass is 10.2. The summed E-state index contributed by atoms with van der Waals surface area (Å²) in [5.41, 5.74) is 1.77. The Morgan fingerprint density at radius 2 is 1.82 bits per heavy atom. The molecule has 0 radical (unpaired) electrons. The van der Waals surface area contributed by atoms with E-state index in [9.17, 15) is 13.2 Å². The average molecular weight is 488 g/mol. The third-order valence-electron chi connectivity index (χ3n) is 5.59. The quantitative estimate of drug-likeness (QED) is 0.427. The zero-order chi connectivity index (χ0) is 24.1. The number of aromatic nitrogens is 2. The number of benzene rings is 2. The molecular formula is C24H29N3O6S. The molecule has 1 saturated heterocycles. The Balaban J connectivity index is 1.55. The first-order valence-electron chi connectivity index (χ1n) is 11.4. The number of sulfonamides is 1. The van der Waals surface area contributed by atoms with Crippen molar-refractivity contribution in [3.05, 3.63) is 53.9 Å². The van der Waals surface area contributed by atoms with Gasteiger partial charge in [-0.15, -0.1) is 0 Å². The number of morpholine rings is 1. The van der Waals surface area contributed by atoms with Crippen LogP contribution >= 0.6 is 0 Å². The van der Waals surface area contributed by atoms with Crippen molar-refractivity contribution in [2.45, 2.75) is 38.3 Å². The molecule has 9 nitrogen and oxygen atoms in total. The Hall–Kier alpha value is -2.95. The molecule has 182 valence electrons. The Bertz CT molecular complexity index is 1250. The molecule has 4 rings (SSSR count). The first-order valence-corrected chi connectivity index (χ1v) is 12.8. The third-order valence-corrected chi connectivity index (χ3v) is 7.48. The highest BCUT2D eigenvalue weighted by Gasteiger charge is 2.27. The monoisotopic (exact) mass is 487 g/mol. The van der Waals surface area contributed by atoms with E-state index < -0.39 is 16.0 Å². The highest BCUT2D eigenvalue weighted by Crippen LogP contribution is 2.24. The topological polar surface area (TPSA) is 100.0 Å². The lowest BCUT2D eigenvalue weighted by Crippen LogP contribution is -2.40. The summed E-state index contributed by atoms with van der Waals surface area (Å²) in [7, 11) is -3.63. The minimum absolute atomic E-state index is 0.0216. The lowest BCUT2D eigenvalue weighted by molar-refractivity contribution is 0.0458. The smallest absolute Gasteiger partial charge is 0.338 e. The number of hydrogen-bond acceptors (Lipinski definition) is 7. The first kappa shape index (κ1) is 24.2. The second-order valence-corrected chi connectivity index (χ2v) is 9.82. The fraction of sp³-hybridized carbons (Fsp3) is 0.417. The van der Waals surface area contributed by atoms with Crippen LogP contribution < -0.4 is 4.74 Å². The number of aryl methyl sites for hydroxylation is 1. The molecule has 0 amide bonds. The maximum atomic E-state index is 13.0. The van der Waals surface area contributed by atoms with Gasteiger partial charge in [0.25, 0.3) is 0 Å². The number of nitrogens with zero attached hydrogens (tertiary/aromatic N) is 3. The molecule has 0 bridgehead atoms. The average Bonchev–Trinajstić information content (AvgIpc) is 3.20. The third kappa shape index (κ3) is 5.08. The van der Waals surface area contributed by atoms with Crippen LogP contribution in [0.15, 0.2) is 47.4 Å². The number of rotatable bonds is 9. The maximum Gasteiger partial charge on any atom is 0.338 e. The van der Waals surface area contributed by atoms with Crippen LogP contribution in [0.3, 0.4) is 0 Å². The predicted molar refractivity (Wildman–Crippen MR) is 126 cm³/mol. The normalized spacial score (nSPS) is 14.9.